The first kappa shape index (κ1) is 18.5. The van der Waals surface area contributed by atoms with Crippen molar-refractivity contribution >= 4 is 44.5 Å². The Balaban J connectivity index is 2.10. The number of halogens is 1. The fourth-order valence-electron chi connectivity index (χ4n) is 2.03. The third-order valence-corrected chi connectivity index (χ3v) is 7.70. The maximum Gasteiger partial charge on any atom is 0.238 e. The van der Waals surface area contributed by atoms with Crippen LogP contribution in [-0.4, -0.2) is 18.7 Å². The molecule has 0 saturated carbocycles. The second-order valence-electron chi connectivity index (χ2n) is 5.38. The summed E-state index contributed by atoms with van der Waals surface area (Å²) in [5, 5.41) is 2.88. The molecule has 0 radical (unpaired) electrons. The topological polar surface area (TPSA) is 60.2 Å². The van der Waals surface area contributed by atoms with Crippen molar-refractivity contribution < 1.29 is 12.8 Å². The van der Waals surface area contributed by atoms with Gasteiger partial charge in [-0.25, -0.2) is 8.42 Å². The van der Waals surface area contributed by atoms with Gasteiger partial charge in [-0.05, 0) is 42.1 Å². The van der Waals surface area contributed by atoms with Gasteiger partial charge in [0.15, 0.2) is 0 Å². The smallest absolute Gasteiger partial charge is 0.238 e. The zero-order valence-electron chi connectivity index (χ0n) is 13.6. The average Bonchev–Trinajstić information content (AvgIpc) is 3.24. The Hall–Kier alpha value is -1.28. The Labute approximate surface area is 160 Å². The second kappa shape index (κ2) is 7.53. The summed E-state index contributed by atoms with van der Waals surface area (Å²) in [6, 6.07) is 9.79. The van der Waals surface area contributed by atoms with Gasteiger partial charge in [-0.3, -0.25) is 0 Å². The summed E-state index contributed by atoms with van der Waals surface area (Å²) in [5.41, 5.74) is 0. The Morgan fingerprint density at radius 1 is 1.28 bits per heavy atom. The maximum atomic E-state index is 13.0. The van der Waals surface area contributed by atoms with Crippen LogP contribution in [0.2, 0.25) is 5.02 Å². The van der Waals surface area contributed by atoms with Crippen molar-refractivity contribution in [3.8, 4) is 10.8 Å². The van der Waals surface area contributed by atoms with Gasteiger partial charge in [0.05, 0.1) is 9.77 Å². The number of hydrogen-bond acceptors (Lipinski definition) is 6. The highest BCUT2D eigenvalue weighted by Crippen LogP contribution is 2.38. The summed E-state index contributed by atoms with van der Waals surface area (Å²) < 4.78 is 31.9. The number of hydrogen-bond donors (Lipinski definition) is 0. The lowest BCUT2D eigenvalue weighted by atomic mass is 10.4. The molecule has 0 bridgehead atoms. The molecule has 2 aromatic heterocycles. The molecular weight excluding hydrogens is 398 g/mol. The number of aromatic nitrogens is 1. The van der Waals surface area contributed by atoms with Gasteiger partial charge < -0.3 is 4.42 Å². The van der Waals surface area contributed by atoms with Gasteiger partial charge in [0, 0.05) is 10.3 Å². The van der Waals surface area contributed by atoms with E-state index in [1.807, 2.05) is 31.4 Å². The highest BCUT2D eigenvalue weighted by molar-refractivity contribution is 8.00. The van der Waals surface area contributed by atoms with Gasteiger partial charge in [0.1, 0.15) is 0 Å². The maximum absolute atomic E-state index is 13.0. The summed E-state index contributed by atoms with van der Waals surface area (Å²) >= 11 is 8.70. The molecule has 1 aromatic carbocycles. The van der Waals surface area contributed by atoms with E-state index < -0.39 is 9.84 Å². The molecule has 132 valence electrons. The van der Waals surface area contributed by atoms with Crippen LogP contribution in [0.3, 0.4) is 0 Å². The van der Waals surface area contributed by atoms with Gasteiger partial charge >= 0.3 is 0 Å². The van der Waals surface area contributed by atoms with Crippen LogP contribution in [0.25, 0.3) is 10.8 Å². The molecule has 0 aliphatic heterocycles. The highest BCUT2D eigenvalue weighted by Gasteiger charge is 2.29. The first-order valence-corrected chi connectivity index (χ1v) is 11.3. The minimum atomic E-state index is -3.79. The average molecular weight is 414 g/mol. The summed E-state index contributed by atoms with van der Waals surface area (Å²) in [7, 11) is -3.79. The van der Waals surface area contributed by atoms with E-state index in [4.69, 9.17) is 16.0 Å². The summed E-state index contributed by atoms with van der Waals surface area (Å²) in [6.07, 6.45) is 0.889. The number of sulfone groups is 1. The van der Waals surface area contributed by atoms with Gasteiger partial charge in [-0.2, -0.15) is 4.98 Å². The van der Waals surface area contributed by atoms with Crippen molar-refractivity contribution in [3.05, 3.63) is 46.8 Å². The summed E-state index contributed by atoms with van der Waals surface area (Å²) in [5.74, 6) is 0.327. The molecule has 0 amide bonds. The Bertz CT molecular complexity index is 948. The van der Waals surface area contributed by atoms with E-state index in [0.717, 1.165) is 11.3 Å². The van der Waals surface area contributed by atoms with Crippen LogP contribution in [0, 0.1) is 0 Å². The Kier molecular flexibility index (Phi) is 5.58. The van der Waals surface area contributed by atoms with Crippen LogP contribution in [0.5, 0.6) is 0 Å². The molecule has 0 spiro atoms. The van der Waals surface area contributed by atoms with Crippen LogP contribution in [0.1, 0.15) is 20.3 Å². The summed E-state index contributed by atoms with van der Waals surface area (Å²) in [4.78, 5) is 5.25. The fraction of sp³-hybridized carbons (Fsp3) is 0.235. The molecule has 0 aliphatic rings. The summed E-state index contributed by atoms with van der Waals surface area (Å²) in [6.45, 7) is 4.07. The number of benzene rings is 1. The predicted molar refractivity (Wildman–Crippen MR) is 102 cm³/mol. The lowest BCUT2D eigenvalue weighted by Crippen LogP contribution is -2.04. The molecular formula is C17H16ClNO3S3. The normalized spacial score (nSPS) is 13.1. The van der Waals surface area contributed by atoms with Gasteiger partial charge in [0.25, 0.3) is 0 Å². The molecule has 3 aromatic rings. The third kappa shape index (κ3) is 3.95. The largest absolute Gasteiger partial charge is 0.428 e. The zero-order chi connectivity index (χ0) is 18.0. The molecule has 0 aliphatic carbocycles. The van der Waals surface area contributed by atoms with E-state index in [-0.39, 0.29) is 15.2 Å². The molecule has 0 fully saturated rings. The number of nitrogens with zero attached hydrogens (tertiary/aromatic N) is 1. The highest BCUT2D eigenvalue weighted by atomic mass is 35.5. The van der Waals surface area contributed by atoms with Gasteiger partial charge in [0.2, 0.25) is 25.8 Å². The van der Waals surface area contributed by atoms with E-state index in [9.17, 15) is 8.42 Å². The molecule has 8 heteroatoms. The molecule has 4 nitrogen and oxygen atoms in total. The monoisotopic (exact) mass is 413 g/mol. The fourth-order valence-corrected chi connectivity index (χ4v) is 5.27. The molecule has 1 unspecified atom stereocenters. The van der Waals surface area contributed by atoms with Crippen molar-refractivity contribution in [2.45, 2.75) is 40.5 Å². The second-order valence-corrected chi connectivity index (χ2v) is 10.0. The third-order valence-electron chi connectivity index (χ3n) is 3.56. The molecule has 3 rings (SSSR count). The first-order valence-electron chi connectivity index (χ1n) is 7.64. The lowest BCUT2D eigenvalue weighted by Gasteiger charge is -2.07. The number of rotatable bonds is 6. The van der Waals surface area contributed by atoms with Crippen LogP contribution in [0.4, 0.5) is 0 Å². The van der Waals surface area contributed by atoms with E-state index in [2.05, 4.69) is 4.98 Å². The molecule has 2 heterocycles. The molecule has 25 heavy (non-hydrogen) atoms. The van der Waals surface area contributed by atoms with Crippen molar-refractivity contribution in [2.75, 3.05) is 0 Å². The number of thioether (sulfide) groups is 1. The van der Waals surface area contributed by atoms with Crippen LogP contribution < -0.4 is 0 Å². The van der Waals surface area contributed by atoms with Crippen LogP contribution in [0.15, 0.2) is 61.2 Å². The predicted octanol–water partition coefficient (Wildman–Crippen LogP) is 5.78. The zero-order valence-corrected chi connectivity index (χ0v) is 16.8. The van der Waals surface area contributed by atoms with E-state index >= 15 is 0 Å². The van der Waals surface area contributed by atoms with E-state index in [1.165, 1.54) is 35.2 Å². The SMILES string of the molecule is CCC(C)Sc1oc(-c2cccs2)nc1S(=O)(=O)c1ccc(Cl)cc1. The number of oxazole rings is 1. The standard InChI is InChI=1S/C17H16ClNO3S3/c1-3-11(2)24-17-16(19-15(22-17)14-5-4-10-23-14)25(20,21)13-8-6-12(18)7-9-13/h4-11H,3H2,1-2H3. The van der Waals surface area contributed by atoms with Gasteiger partial charge in [-0.15, -0.1) is 11.3 Å². The quantitative estimate of drug-likeness (QED) is 0.479. The molecule has 0 N–H and O–H groups in total. The van der Waals surface area contributed by atoms with E-state index in [0.29, 0.717) is 16.0 Å². The Morgan fingerprint density at radius 3 is 2.60 bits per heavy atom. The van der Waals surface area contributed by atoms with Crippen LogP contribution >= 0.6 is 34.7 Å². The van der Waals surface area contributed by atoms with E-state index in [1.54, 1.807) is 12.1 Å². The minimum Gasteiger partial charge on any atom is -0.428 e. The van der Waals surface area contributed by atoms with Crippen molar-refractivity contribution in [2.24, 2.45) is 0 Å². The molecule has 0 saturated heterocycles. The Morgan fingerprint density at radius 2 is 2.00 bits per heavy atom. The minimum absolute atomic E-state index is 0.0384. The van der Waals surface area contributed by atoms with Crippen LogP contribution in [-0.2, 0) is 9.84 Å². The number of thiophene rings is 1. The molecule has 1 atom stereocenters. The van der Waals surface area contributed by atoms with Crippen molar-refractivity contribution in [1.82, 2.24) is 4.98 Å². The lowest BCUT2D eigenvalue weighted by molar-refractivity contribution is 0.470. The van der Waals surface area contributed by atoms with Crippen molar-refractivity contribution in [3.63, 3.8) is 0 Å². The van der Waals surface area contributed by atoms with Crippen molar-refractivity contribution in [1.29, 1.82) is 0 Å². The first-order chi connectivity index (χ1) is 11.9. The van der Waals surface area contributed by atoms with Gasteiger partial charge in [-0.1, -0.05) is 43.3 Å².